The van der Waals surface area contributed by atoms with E-state index in [-0.39, 0.29) is 5.54 Å². The molecule has 0 radical (unpaired) electrons. The molecule has 0 unspecified atom stereocenters. The van der Waals surface area contributed by atoms with E-state index >= 15 is 0 Å². The van der Waals surface area contributed by atoms with E-state index in [1.54, 1.807) is 11.3 Å². The fraction of sp³-hybridized carbons (Fsp3) is 0.722. The highest BCUT2D eigenvalue weighted by Gasteiger charge is 2.46. The van der Waals surface area contributed by atoms with Crippen molar-refractivity contribution in [1.29, 1.82) is 0 Å². The molecule has 1 aromatic heterocycles. The lowest BCUT2D eigenvalue weighted by Gasteiger charge is -2.48. The summed E-state index contributed by atoms with van der Waals surface area (Å²) in [6.45, 7) is 6.12. The van der Waals surface area contributed by atoms with Crippen molar-refractivity contribution in [1.82, 2.24) is 9.80 Å². The third-order valence-corrected chi connectivity index (χ3v) is 6.22. The van der Waals surface area contributed by atoms with Crippen LogP contribution < -0.4 is 0 Å². The first-order valence-corrected chi connectivity index (χ1v) is 9.57. The molecular weight excluding hydrogens is 308 g/mol. The average Bonchev–Trinajstić information content (AvgIpc) is 3.00. The zero-order chi connectivity index (χ0) is 16.3. The Balaban J connectivity index is 1.76. The van der Waals surface area contributed by atoms with Gasteiger partial charge >= 0.3 is 0 Å². The van der Waals surface area contributed by atoms with Gasteiger partial charge in [-0.25, -0.2) is 0 Å². The lowest BCUT2D eigenvalue weighted by molar-refractivity contribution is -0.150. The molecular formula is C18H28N2O2S. The Morgan fingerprint density at radius 2 is 1.96 bits per heavy atom. The lowest BCUT2D eigenvalue weighted by Crippen LogP contribution is -2.62. The van der Waals surface area contributed by atoms with Gasteiger partial charge in [-0.1, -0.05) is 19.3 Å². The topological polar surface area (TPSA) is 32.8 Å². The van der Waals surface area contributed by atoms with Crippen LogP contribution in [0.4, 0.5) is 0 Å². The van der Waals surface area contributed by atoms with Crippen molar-refractivity contribution in [3.63, 3.8) is 0 Å². The van der Waals surface area contributed by atoms with Crippen LogP contribution in [0.15, 0.2) is 12.1 Å². The van der Waals surface area contributed by atoms with E-state index in [2.05, 4.69) is 24.0 Å². The maximum atomic E-state index is 13.4. The van der Waals surface area contributed by atoms with Crippen molar-refractivity contribution < 1.29 is 9.53 Å². The van der Waals surface area contributed by atoms with Gasteiger partial charge in [-0.05, 0) is 31.9 Å². The number of likely N-dealkylation sites (N-methyl/N-ethyl adjacent to an activating group) is 1. The van der Waals surface area contributed by atoms with E-state index in [1.165, 1.54) is 16.2 Å². The molecule has 5 heteroatoms. The minimum Gasteiger partial charge on any atom is -0.379 e. The molecule has 1 saturated carbocycles. The SMILES string of the molecule is Cc1ccc(CN(C)C(=O)C2(N3CCOCC3)CCCCC2)s1. The van der Waals surface area contributed by atoms with Gasteiger partial charge in [-0.15, -0.1) is 11.3 Å². The van der Waals surface area contributed by atoms with Crippen molar-refractivity contribution in [3.05, 3.63) is 21.9 Å². The number of carbonyl (C=O) groups is 1. The van der Waals surface area contributed by atoms with Crippen molar-refractivity contribution >= 4 is 17.2 Å². The molecule has 0 atom stereocenters. The van der Waals surface area contributed by atoms with Gasteiger partial charge in [0.15, 0.2) is 0 Å². The second kappa shape index (κ2) is 7.32. The summed E-state index contributed by atoms with van der Waals surface area (Å²) < 4.78 is 5.51. The molecule has 2 fully saturated rings. The second-order valence-electron chi connectivity index (χ2n) is 6.87. The fourth-order valence-electron chi connectivity index (χ4n) is 4.02. The van der Waals surface area contributed by atoms with Gasteiger partial charge in [0.25, 0.3) is 0 Å². The number of rotatable bonds is 4. The van der Waals surface area contributed by atoms with Gasteiger partial charge in [0.2, 0.25) is 5.91 Å². The van der Waals surface area contributed by atoms with E-state index in [0.29, 0.717) is 5.91 Å². The predicted molar refractivity (Wildman–Crippen MR) is 93.7 cm³/mol. The first kappa shape index (κ1) is 16.9. The molecule has 128 valence electrons. The molecule has 3 rings (SSSR count). The van der Waals surface area contributed by atoms with E-state index in [9.17, 15) is 4.79 Å². The molecule has 2 heterocycles. The normalized spacial score (nSPS) is 22.0. The minimum atomic E-state index is -0.289. The summed E-state index contributed by atoms with van der Waals surface area (Å²) in [5.41, 5.74) is -0.289. The molecule has 0 aromatic carbocycles. The lowest BCUT2D eigenvalue weighted by atomic mass is 9.78. The van der Waals surface area contributed by atoms with Crippen LogP contribution in [0.2, 0.25) is 0 Å². The third kappa shape index (κ3) is 3.62. The average molecular weight is 337 g/mol. The van der Waals surface area contributed by atoms with E-state index in [1.807, 2.05) is 11.9 Å². The molecule has 23 heavy (non-hydrogen) atoms. The number of hydrogen-bond donors (Lipinski definition) is 0. The van der Waals surface area contributed by atoms with Crippen molar-refractivity contribution in [3.8, 4) is 0 Å². The Morgan fingerprint density at radius 3 is 2.57 bits per heavy atom. The number of morpholine rings is 1. The standard InChI is InChI=1S/C18H28N2O2S/c1-15-6-7-16(23-15)14-19(2)17(21)18(8-4-3-5-9-18)20-10-12-22-13-11-20/h6-7H,3-5,8-14H2,1-2H3. The Morgan fingerprint density at radius 1 is 1.26 bits per heavy atom. The zero-order valence-corrected chi connectivity index (χ0v) is 15.2. The van der Waals surface area contributed by atoms with E-state index < -0.39 is 0 Å². The molecule has 4 nitrogen and oxygen atoms in total. The smallest absolute Gasteiger partial charge is 0.243 e. The van der Waals surface area contributed by atoms with Gasteiger partial charge in [0.1, 0.15) is 5.54 Å². The van der Waals surface area contributed by atoms with Crippen LogP contribution in [0, 0.1) is 6.92 Å². The Hall–Kier alpha value is -0.910. The van der Waals surface area contributed by atoms with Gasteiger partial charge in [-0.2, -0.15) is 0 Å². The summed E-state index contributed by atoms with van der Waals surface area (Å²) in [6, 6.07) is 4.28. The number of thiophene rings is 1. The Kier molecular flexibility index (Phi) is 5.39. The quantitative estimate of drug-likeness (QED) is 0.847. The fourth-order valence-corrected chi connectivity index (χ4v) is 4.97. The highest BCUT2D eigenvalue weighted by molar-refractivity contribution is 7.11. The van der Waals surface area contributed by atoms with Gasteiger partial charge in [0, 0.05) is 29.9 Å². The van der Waals surface area contributed by atoms with E-state index in [4.69, 9.17) is 4.74 Å². The maximum absolute atomic E-state index is 13.4. The Labute approximate surface area is 143 Å². The second-order valence-corrected chi connectivity index (χ2v) is 8.24. The number of amides is 1. The molecule has 1 amide bonds. The highest BCUT2D eigenvalue weighted by atomic mass is 32.1. The molecule has 0 bridgehead atoms. The molecule has 0 spiro atoms. The summed E-state index contributed by atoms with van der Waals surface area (Å²) in [5, 5.41) is 0. The summed E-state index contributed by atoms with van der Waals surface area (Å²) in [6.07, 6.45) is 5.58. The van der Waals surface area contributed by atoms with Crippen molar-refractivity contribution in [2.45, 2.75) is 51.1 Å². The van der Waals surface area contributed by atoms with Gasteiger partial charge in [-0.3, -0.25) is 9.69 Å². The summed E-state index contributed by atoms with van der Waals surface area (Å²) in [7, 11) is 1.97. The Bertz CT molecular complexity index is 531. The number of carbonyl (C=O) groups excluding carboxylic acids is 1. The largest absolute Gasteiger partial charge is 0.379 e. The minimum absolute atomic E-state index is 0.289. The summed E-state index contributed by atoms with van der Waals surface area (Å²) >= 11 is 1.79. The highest BCUT2D eigenvalue weighted by Crippen LogP contribution is 2.36. The molecule has 0 N–H and O–H groups in total. The third-order valence-electron chi connectivity index (χ3n) is 5.23. The van der Waals surface area contributed by atoms with E-state index in [0.717, 1.165) is 58.5 Å². The zero-order valence-electron chi connectivity index (χ0n) is 14.3. The number of aryl methyl sites for hydroxylation is 1. The van der Waals surface area contributed by atoms with Crippen LogP contribution in [-0.4, -0.2) is 54.6 Å². The van der Waals surface area contributed by atoms with Crippen LogP contribution in [0.3, 0.4) is 0 Å². The number of ether oxygens (including phenoxy) is 1. The van der Waals surface area contributed by atoms with Gasteiger partial charge in [0.05, 0.1) is 19.8 Å². The van der Waals surface area contributed by atoms with Crippen LogP contribution in [0.1, 0.15) is 41.9 Å². The molecule has 1 aromatic rings. The van der Waals surface area contributed by atoms with Crippen LogP contribution in [0.25, 0.3) is 0 Å². The first-order valence-electron chi connectivity index (χ1n) is 8.75. The predicted octanol–water partition coefficient (Wildman–Crippen LogP) is 3.05. The maximum Gasteiger partial charge on any atom is 0.243 e. The monoisotopic (exact) mass is 336 g/mol. The van der Waals surface area contributed by atoms with Crippen LogP contribution in [-0.2, 0) is 16.1 Å². The number of nitrogens with zero attached hydrogens (tertiary/aromatic N) is 2. The molecule has 1 saturated heterocycles. The number of hydrogen-bond acceptors (Lipinski definition) is 4. The van der Waals surface area contributed by atoms with Crippen molar-refractivity contribution in [2.75, 3.05) is 33.4 Å². The molecule has 1 aliphatic carbocycles. The summed E-state index contributed by atoms with van der Waals surface area (Å²) in [4.78, 5) is 20.3. The molecule has 2 aliphatic rings. The van der Waals surface area contributed by atoms with Gasteiger partial charge < -0.3 is 9.64 Å². The van der Waals surface area contributed by atoms with Crippen LogP contribution >= 0.6 is 11.3 Å². The first-order chi connectivity index (χ1) is 11.1. The molecule has 1 aliphatic heterocycles. The van der Waals surface area contributed by atoms with Crippen molar-refractivity contribution in [2.24, 2.45) is 0 Å². The summed E-state index contributed by atoms with van der Waals surface area (Å²) in [5.74, 6) is 0.310. The van der Waals surface area contributed by atoms with Crippen LogP contribution in [0.5, 0.6) is 0 Å².